The number of rotatable bonds is 10. The van der Waals surface area contributed by atoms with Gasteiger partial charge in [-0.15, -0.1) is 0 Å². The van der Waals surface area contributed by atoms with Gasteiger partial charge in [0.1, 0.15) is 0 Å². The fraction of sp³-hybridized carbons (Fsp3) is 0.300. The van der Waals surface area contributed by atoms with Crippen molar-refractivity contribution >= 4 is 17.5 Å². The predicted molar refractivity (Wildman–Crippen MR) is 104 cm³/mol. The SMILES string of the molecule is NCCN(CCc1ccccc1)CC(=O)NCC(=O)Nc1ccc(F)c(F)c1. The largest absolute Gasteiger partial charge is 0.346 e. The molecule has 2 amide bonds. The van der Waals surface area contributed by atoms with E-state index < -0.39 is 17.5 Å². The summed E-state index contributed by atoms with van der Waals surface area (Å²) in [5.74, 6) is -2.91. The zero-order valence-electron chi connectivity index (χ0n) is 15.5. The van der Waals surface area contributed by atoms with Gasteiger partial charge in [-0.05, 0) is 24.1 Å². The molecule has 0 bridgehead atoms. The molecule has 0 saturated heterocycles. The van der Waals surface area contributed by atoms with Crippen molar-refractivity contribution in [1.29, 1.82) is 0 Å². The molecule has 0 atom stereocenters. The van der Waals surface area contributed by atoms with Gasteiger partial charge >= 0.3 is 0 Å². The Morgan fingerprint density at radius 3 is 2.39 bits per heavy atom. The summed E-state index contributed by atoms with van der Waals surface area (Å²) in [5.41, 5.74) is 6.89. The molecule has 4 N–H and O–H groups in total. The molecule has 0 unspecified atom stereocenters. The average molecular weight is 390 g/mol. The topological polar surface area (TPSA) is 87.5 Å². The summed E-state index contributed by atoms with van der Waals surface area (Å²) in [5, 5.41) is 4.91. The minimum Gasteiger partial charge on any atom is -0.346 e. The zero-order valence-corrected chi connectivity index (χ0v) is 15.5. The van der Waals surface area contributed by atoms with Crippen molar-refractivity contribution in [1.82, 2.24) is 10.2 Å². The Morgan fingerprint density at radius 1 is 0.964 bits per heavy atom. The van der Waals surface area contributed by atoms with Crippen LogP contribution in [0, 0.1) is 11.6 Å². The lowest BCUT2D eigenvalue weighted by molar-refractivity contribution is -0.125. The fourth-order valence-electron chi connectivity index (χ4n) is 2.60. The average Bonchev–Trinajstić information content (AvgIpc) is 2.68. The van der Waals surface area contributed by atoms with E-state index in [-0.39, 0.29) is 24.7 Å². The second-order valence-electron chi connectivity index (χ2n) is 6.25. The Bertz CT molecular complexity index is 787. The Balaban J connectivity index is 1.76. The lowest BCUT2D eigenvalue weighted by Crippen LogP contribution is -2.42. The van der Waals surface area contributed by atoms with E-state index in [1.54, 1.807) is 0 Å². The molecule has 0 aliphatic heterocycles. The van der Waals surface area contributed by atoms with Crippen molar-refractivity contribution in [2.45, 2.75) is 6.42 Å². The maximum absolute atomic E-state index is 13.1. The molecule has 0 saturated carbocycles. The number of halogens is 2. The van der Waals surface area contributed by atoms with Crippen LogP contribution in [0.1, 0.15) is 5.56 Å². The molecule has 0 heterocycles. The van der Waals surface area contributed by atoms with Gasteiger partial charge in [0.2, 0.25) is 11.8 Å². The maximum Gasteiger partial charge on any atom is 0.243 e. The highest BCUT2D eigenvalue weighted by Crippen LogP contribution is 2.12. The number of carbonyl (C=O) groups excluding carboxylic acids is 2. The van der Waals surface area contributed by atoms with E-state index in [0.29, 0.717) is 19.6 Å². The zero-order chi connectivity index (χ0) is 20.4. The summed E-state index contributed by atoms with van der Waals surface area (Å²) in [6.07, 6.45) is 0.782. The molecule has 6 nitrogen and oxygen atoms in total. The van der Waals surface area contributed by atoms with Crippen molar-refractivity contribution in [3.05, 3.63) is 65.7 Å². The lowest BCUT2D eigenvalue weighted by Gasteiger charge is -2.21. The van der Waals surface area contributed by atoms with E-state index in [1.807, 2.05) is 35.2 Å². The van der Waals surface area contributed by atoms with E-state index >= 15 is 0 Å². The predicted octanol–water partition coefficient (Wildman–Crippen LogP) is 1.52. The number of amides is 2. The Kier molecular flexibility index (Phi) is 8.51. The first-order valence-corrected chi connectivity index (χ1v) is 8.96. The molecule has 28 heavy (non-hydrogen) atoms. The van der Waals surface area contributed by atoms with Crippen LogP contribution in [0.4, 0.5) is 14.5 Å². The molecule has 0 radical (unpaired) electrons. The van der Waals surface area contributed by atoms with Gasteiger partial charge < -0.3 is 16.4 Å². The van der Waals surface area contributed by atoms with Crippen LogP contribution in [0.2, 0.25) is 0 Å². The normalized spacial score (nSPS) is 10.7. The summed E-state index contributed by atoms with van der Waals surface area (Å²) in [7, 11) is 0. The Labute approximate surface area is 162 Å². The van der Waals surface area contributed by atoms with Crippen molar-refractivity contribution in [3.8, 4) is 0 Å². The quantitative estimate of drug-likeness (QED) is 0.574. The van der Waals surface area contributed by atoms with E-state index in [4.69, 9.17) is 5.73 Å². The molecule has 2 rings (SSSR count). The van der Waals surface area contributed by atoms with Crippen molar-refractivity contribution in [3.63, 3.8) is 0 Å². The van der Waals surface area contributed by atoms with Crippen molar-refractivity contribution in [2.75, 3.05) is 38.0 Å². The number of carbonyl (C=O) groups is 2. The van der Waals surface area contributed by atoms with Crippen LogP contribution in [0.3, 0.4) is 0 Å². The van der Waals surface area contributed by atoms with E-state index in [2.05, 4.69) is 10.6 Å². The first-order valence-electron chi connectivity index (χ1n) is 8.96. The molecular formula is C20H24F2N4O2. The molecule has 2 aromatic rings. The van der Waals surface area contributed by atoms with Gasteiger partial charge in [-0.2, -0.15) is 0 Å². The number of nitrogens with zero attached hydrogens (tertiary/aromatic N) is 1. The van der Waals surface area contributed by atoms with Crippen LogP contribution >= 0.6 is 0 Å². The highest BCUT2D eigenvalue weighted by atomic mass is 19.2. The highest BCUT2D eigenvalue weighted by Gasteiger charge is 2.12. The van der Waals surface area contributed by atoms with Gasteiger partial charge in [0.05, 0.1) is 13.1 Å². The van der Waals surface area contributed by atoms with Gasteiger partial charge in [0.25, 0.3) is 0 Å². The fourth-order valence-corrected chi connectivity index (χ4v) is 2.60. The number of benzene rings is 2. The monoisotopic (exact) mass is 390 g/mol. The molecule has 0 fully saturated rings. The smallest absolute Gasteiger partial charge is 0.243 e. The molecule has 2 aromatic carbocycles. The summed E-state index contributed by atoms with van der Waals surface area (Å²) in [6.45, 7) is 1.48. The number of nitrogens with two attached hydrogens (primary N) is 1. The molecule has 0 aliphatic rings. The molecule has 8 heteroatoms. The minimum atomic E-state index is -1.06. The minimum absolute atomic E-state index is 0.114. The van der Waals surface area contributed by atoms with E-state index in [0.717, 1.165) is 24.1 Å². The highest BCUT2D eigenvalue weighted by molar-refractivity contribution is 5.94. The Hall–Kier alpha value is -2.84. The van der Waals surface area contributed by atoms with Gasteiger partial charge in [0, 0.05) is 31.4 Å². The van der Waals surface area contributed by atoms with Crippen molar-refractivity contribution < 1.29 is 18.4 Å². The summed E-state index contributed by atoms with van der Waals surface area (Å²) >= 11 is 0. The van der Waals surface area contributed by atoms with Crippen molar-refractivity contribution in [2.24, 2.45) is 5.73 Å². The second-order valence-corrected chi connectivity index (χ2v) is 6.25. The standard InChI is InChI=1S/C20H24F2N4O2/c21-17-7-6-16(12-18(17)22)25-19(27)13-24-20(28)14-26(11-9-23)10-8-15-4-2-1-3-5-15/h1-7,12H,8-11,13-14,23H2,(H,24,28)(H,25,27). The molecule has 0 spiro atoms. The third-order valence-corrected chi connectivity index (χ3v) is 4.02. The number of anilines is 1. The van der Waals surface area contributed by atoms with Crippen LogP contribution in [0.25, 0.3) is 0 Å². The number of hydrogen-bond donors (Lipinski definition) is 3. The number of hydrogen-bond acceptors (Lipinski definition) is 4. The first-order chi connectivity index (χ1) is 13.5. The van der Waals surface area contributed by atoms with E-state index in [9.17, 15) is 18.4 Å². The van der Waals surface area contributed by atoms with Crippen LogP contribution in [0.5, 0.6) is 0 Å². The lowest BCUT2D eigenvalue weighted by atomic mass is 10.1. The first kappa shape index (κ1) is 21.5. The van der Waals surface area contributed by atoms with Crippen LogP contribution < -0.4 is 16.4 Å². The van der Waals surface area contributed by atoms with Crippen LogP contribution in [-0.4, -0.2) is 49.4 Å². The van der Waals surface area contributed by atoms with Gasteiger partial charge in [0.15, 0.2) is 11.6 Å². The second kappa shape index (κ2) is 11.1. The third-order valence-electron chi connectivity index (χ3n) is 4.02. The molecular weight excluding hydrogens is 366 g/mol. The van der Waals surface area contributed by atoms with Gasteiger partial charge in [-0.3, -0.25) is 14.5 Å². The van der Waals surface area contributed by atoms with Gasteiger partial charge in [-0.1, -0.05) is 30.3 Å². The van der Waals surface area contributed by atoms with Gasteiger partial charge in [-0.25, -0.2) is 8.78 Å². The molecule has 0 aromatic heterocycles. The van der Waals surface area contributed by atoms with Crippen LogP contribution in [-0.2, 0) is 16.0 Å². The summed E-state index contributed by atoms with van der Waals surface area (Å²) < 4.78 is 26.0. The number of nitrogens with one attached hydrogen (secondary N) is 2. The maximum atomic E-state index is 13.1. The van der Waals surface area contributed by atoms with E-state index in [1.165, 1.54) is 6.07 Å². The summed E-state index contributed by atoms with van der Waals surface area (Å²) in [6, 6.07) is 12.9. The summed E-state index contributed by atoms with van der Waals surface area (Å²) in [4.78, 5) is 25.9. The Morgan fingerprint density at radius 2 is 1.71 bits per heavy atom. The molecule has 0 aliphatic carbocycles. The molecule has 150 valence electrons. The van der Waals surface area contributed by atoms with Crippen LogP contribution in [0.15, 0.2) is 48.5 Å². The third kappa shape index (κ3) is 7.42.